The summed E-state index contributed by atoms with van der Waals surface area (Å²) in [6, 6.07) is 5.12. The minimum atomic E-state index is 0.110. The highest BCUT2D eigenvalue weighted by Crippen LogP contribution is 2.30. The summed E-state index contributed by atoms with van der Waals surface area (Å²) in [5, 5.41) is 15.3. The smallest absolute Gasteiger partial charge is 0.187 e. The molecule has 2 N–H and O–H groups in total. The van der Waals surface area contributed by atoms with E-state index >= 15 is 0 Å². The average molecular weight is 222 g/mol. The number of rotatable bonds is 3. The van der Waals surface area contributed by atoms with Crippen LogP contribution in [-0.2, 0) is 0 Å². The first-order valence-electron chi connectivity index (χ1n) is 4.33. The first-order valence-corrected chi connectivity index (χ1v) is 5.21. The van der Waals surface area contributed by atoms with E-state index < -0.39 is 0 Å². The Hall–Kier alpha value is -1.75. The molecule has 0 bridgehead atoms. The van der Waals surface area contributed by atoms with Crippen molar-refractivity contribution in [2.24, 2.45) is 0 Å². The molecule has 1 heterocycles. The van der Waals surface area contributed by atoms with Gasteiger partial charge in [-0.05, 0) is 12.1 Å². The number of ether oxygens (including phenoxy) is 1. The predicted molar refractivity (Wildman–Crippen MR) is 60.1 cm³/mol. The van der Waals surface area contributed by atoms with Crippen molar-refractivity contribution in [1.29, 1.82) is 0 Å². The Labute approximate surface area is 91.2 Å². The van der Waals surface area contributed by atoms with Crippen LogP contribution in [0.25, 0.3) is 0 Å². The fourth-order valence-corrected chi connectivity index (χ4v) is 1.73. The SMILES string of the molecule is COc1ccc(Nc2nccs2)cc1O. The zero-order valence-corrected chi connectivity index (χ0v) is 8.91. The Morgan fingerprint density at radius 1 is 1.47 bits per heavy atom. The molecule has 0 saturated heterocycles. The topological polar surface area (TPSA) is 54.4 Å². The lowest BCUT2D eigenvalue weighted by molar-refractivity contribution is 0.373. The third-order valence-electron chi connectivity index (χ3n) is 1.86. The zero-order chi connectivity index (χ0) is 10.7. The number of methoxy groups -OCH3 is 1. The molecule has 0 aliphatic carbocycles. The molecule has 0 radical (unpaired) electrons. The molecule has 1 aromatic heterocycles. The van der Waals surface area contributed by atoms with E-state index in [2.05, 4.69) is 10.3 Å². The lowest BCUT2D eigenvalue weighted by Crippen LogP contribution is -1.90. The van der Waals surface area contributed by atoms with Gasteiger partial charge in [0, 0.05) is 23.3 Å². The molecule has 2 rings (SSSR count). The Kier molecular flexibility index (Phi) is 2.73. The number of aromatic nitrogens is 1. The first-order chi connectivity index (χ1) is 7.29. The van der Waals surface area contributed by atoms with Gasteiger partial charge >= 0.3 is 0 Å². The number of aromatic hydroxyl groups is 1. The molecule has 0 fully saturated rings. The predicted octanol–water partition coefficient (Wildman–Crippen LogP) is 2.60. The van der Waals surface area contributed by atoms with Gasteiger partial charge in [-0.3, -0.25) is 0 Å². The van der Waals surface area contributed by atoms with E-state index in [0.717, 1.165) is 10.8 Å². The Morgan fingerprint density at radius 2 is 2.33 bits per heavy atom. The third-order valence-corrected chi connectivity index (χ3v) is 2.55. The molecular formula is C10H10N2O2S. The molecule has 2 aromatic rings. The van der Waals surface area contributed by atoms with E-state index in [4.69, 9.17) is 4.74 Å². The van der Waals surface area contributed by atoms with Crippen molar-refractivity contribution >= 4 is 22.2 Å². The molecular weight excluding hydrogens is 212 g/mol. The van der Waals surface area contributed by atoms with Gasteiger partial charge in [-0.25, -0.2) is 4.98 Å². The fraction of sp³-hybridized carbons (Fsp3) is 0.100. The van der Waals surface area contributed by atoms with E-state index in [-0.39, 0.29) is 5.75 Å². The summed E-state index contributed by atoms with van der Waals surface area (Å²) in [5.74, 6) is 0.568. The van der Waals surface area contributed by atoms with Crippen LogP contribution in [0, 0.1) is 0 Å². The molecule has 5 heteroatoms. The van der Waals surface area contributed by atoms with Crippen molar-refractivity contribution in [3.63, 3.8) is 0 Å². The Balaban J connectivity index is 2.20. The number of anilines is 2. The van der Waals surface area contributed by atoms with Gasteiger partial charge in [0.15, 0.2) is 16.6 Å². The minimum absolute atomic E-state index is 0.110. The molecule has 4 nitrogen and oxygen atoms in total. The molecule has 0 amide bonds. The largest absolute Gasteiger partial charge is 0.504 e. The van der Waals surface area contributed by atoms with Gasteiger partial charge < -0.3 is 15.2 Å². The van der Waals surface area contributed by atoms with Gasteiger partial charge in [-0.15, -0.1) is 11.3 Å². The summed E-state index contributed by atoms with van der Waals surface area (Å²) in [6.45, 7) is 0. The molecule has 78 valence electrons. The number of nitrogens with zero attached hydrogens (tertiary/aromatic N) is 1. The second-order valence-electron chi connectivity index (χ2n) is 2.85. The van der Waals surface area contributed by atoms with Crippen molar-refractivity contribution in [1.82, 2.24) is 4.98 Å². The van der Waals surface area contributed by atoms with E-state index in [1.54, 1.807) is 18.3 Å². The van der Waals surface area contributed by atoms with E-state index in [1.165, 1.54) is 18.4 Å². The van der Waals surface area contributed by atoms with Gasteiger partial charge in [-0.1, -0.05) is 0 Å². The highest BCUT2D eigenvalue weighted by atomic mass is 32.1. The van der Waals surface area contributed by atoms with Crippen molar-refractivity contribution in [2.75, 3.05) is 12.4 Å². The average Bonchev–Trinajstić information content (AvgIpc) is 2.71. The molecule has 0 aliphatic heterocycles. The highest BCUT2D eigenvalue weighted by Gasteiger charge is 2.03. The standard InChI is InChI=1S/C10H10N2O2S/c1-14-9-3-2-7(6-8(9)13)12-10-11-4-5-15-10/h2-6,13H,1H3,(H,11,12). The maximum absolute atomic E-state index is 9.54. The van der Waals surface area contributed by atoms with Crippen LogP contribution >= 0.6 is 11.3 Å². The van der Waals surface area contributed by atoms with Crippen LogP contribution in [0.5, 0.6) is 11.5 Å². The number of thiazole rings is 1. The maximum atomic E-state index is 9.54. The number of benzene rings is 1. The molecule has 15 heavy (non-hydrogen) atoms. The summed E-state index contributed by atoms with van der Waals surface area (Å²) in [6.07, 6.45) is 1.72. The van der Waals surface area contributed by atoms with Crippen molar-refractivity contribution in [2.45, 2.75) is 0 Å². The van der Waals surface area contributed by atoms with Crippen molar-refractivity contribution in [3.05, 3.63) is 29.8 Å². The molecule has 0 aliphatic rings. The summed E-state index contributed by atoms with van der Waals surface area (Å²) in [4.78, 5) is 4.08. The fourth-order valence-electron chi connectivity index (χ4n) is 1.18. The van der Waals surface area contributed by atoms with E-state index in [1.807, 2.05) is 11.4 Å². The number of nitrogens with one attached hydrogen (secondary N) is 1. The number of hydrogen-bond donors (Lipinski definition) is 2. The van der Waals surface area contributed by atoms with Crippen LogP contribution in [-0.4, -0.2) is 17.2 Å². The number of phenolic OH excluding ortho intramolecular Hbond substituents is 1. The van der Waals surface area contributed by atoms with Crippen LogP contribution in [0.2, 0.25) is 0 Å². The summed E-state index contributed by atoms with van der Waals surface area (Å²) in [5.41, 5.74) is 0.781. The monoisotopic (exact) mass is 222 g/mol. The van der Waals surface area contributed by atoms with E-state index in [0.29, 0.717) is 5.75 Å². The lowest BCUT2D eigenvalue weighted by atomic mass is 10.3. The molecule has 0 spiro atoms. The summed E-state index contributed by atoms with van der Waals surface area (Å²) in [7, 11) is 1.52. The number of phenols is 1. The summed E-state index contributed by atoms with van der Waals surface area (Å²) < 4.78 is 4.94. The van der Waals surface area contributed by atoms with Gasteiger partial charge in [0.2, 0.25) is 0 Å². The Bertz CT molecular complexity index is 443. The van der Waals surface area contributed by atoms with Gasteiger partial charge in [0.05, 0.1) is 7.11 Å². The van der Waals surface area contributed by atoms with Crippen LogP contribution < -0.4 is 10.1 Å². The normalized spacial score (nSPS) is 9.93. The quantitative estimate of drug-likeness (QED) is 0.838. The van der Waals surface area contributed by atoms with Crippen LogP contribution in [0.4, 0.5) is 10.8 Å². The summed E-state index contributed by atoms with van der Waals surface area (Å²) >= 11 is 1.50. The number of hydrogen-bond acceptors (Lipinski definition) is 5. The molecule has 0 saturated carbocycles. The second kappa shape index (κ2) is 4.18. The molecule has 0 atom stereocenters. The van der Waals surface area contributed by atoms with Crippen molar-refractivity contribution in [3.8, 4) is 11.5 Å². The zero-order valence-electron chi connectivity index (χ0n) is 8.10. The molecule has 0 unspecified atom stereocenters. The maximum Gasteiger partial charge on any atom is 0.187 e. The first kappa shape index (κ1) is 9.79. The minimum Gasteiger partial charge on any atom is -0.504 e. The highest BCUT2D eigenvalue weighted by molar-refractivity contribution is 7.13. The van der Waals surface area contributed by atoms with Gasteiger partial charge in [0.1, 0.15) is 0 Å². The lowest BCUT2D eigenvalue weighted by Gasteiger charge is -2.06. The van der Waals surface area contributed by atoms with Crippen LogP contribution in [0.3, 0.4) is 0 Å². The third kappa shape index (κ3) is 2.19. The van der Waals surface area contributed by atoms with Crippen molar-refractivity contribution < 1.29 is 9.84 Å². The van der Waals surface area contributed by atoms with Gasteiger partial charge in [-0.2, -0.15) is 0 Å². The second-order valence-corrected chi connectivity index (χ2v) is 3.74. The molecule has 1 aromatic carbocycles. The van der Waals surface area contributed by atoms with E-state index in [9.17, 15) is 5.11 Å². The van der Waals surface area contributed by atoms with Gasteiger partial charge in [0.25, 0.3) is 0 Å². The Morgan fingerprint density at radius 3 is 2.93 bits per heavy atom. The van der Waals surface area contributed by atoms with Crippen LogP contribution in [0.15, 0.2) is 29.8 Å². The van der Waals surface area contributed by atoms with Crippen LogP contribution in [0.1, 0.15) is 0 Å².